The zero-order valence-electron chi connectivity index (χ0n) is 9.12. The van der Waals surface area contributed by atoms with Crippen molar-refractivity contribution in [2.24, 2.45) is 17.6 Å². The van der Waals surface area contributed by atoms with Crippen molar-refractivity contribution in [3.05, 3.63) is 34.9 Å². The third-order valence-corrected chi connectivity index (χ3v) is 3.68. The average Bonchev–Trinajstić information content (AvgIpc) is 3.04. The lowest BCUT2D eigenvalue weighted by atomic mass is 9.92. The summed E-state index contributed by atoms with van der Waals surface area (Å²) in [4.78, 5) is 0. The highest BCUT2D eigenvalue weighted by atomic mass is 35.5. The first-order valence-electron chi connectivity index (χ1n) is 5.67. The lowest BCUT2D eigenvalue weighted by Crippen LogP contribution is -2.31. The van der Waals surface area contributed by atoms with Crippen LogP contribution in [0.3, 0.4) is 0 Å². The quantitative estimate of drug-likeness (QED) is 0.833. The lowest BCUT2D eigenvalue weighted by Gasteiger charge is -2.19. The molecule has 0 saturated heterocycles. The van der Waals surface area contributed by atoms with Crippen molar-refractivity contribution >= 4 is 11.6 Å². The normalized spacial score (nSPS) is 19.9. The van der Waals surface area contributed by atoms with Crippen molar-refractivity contribution in [3.8, 4) is 0 Å². The fourth-order valence-corrected chi connectivity index (χ4v) is 2.18. The highest BCUT2D eigenvalue weighted by Crippen LogP contribution is 2.38. The van der Waals surface area contributed by atoms with Crippen molar-refractivity contribution in [2.75, 3.05) is 0 Å². The van der Waals surface area contributed by atoms with Gasteiger partial charge < -0.3 is 5.73 Å². The van der Waals surface area contributed by atoms with Crippen LogP contribution in [0.4, 0.5) is 0 Å². The van der Waals surface area contributed by atoms with Crippen LogP contribution in [0, 0.1) is 11.8 Å². The summed E-state index contributed by atoms with van der Waals surface area (Å²) in [5, 5.41) is 0.794. The SMILES string of the molecule is CC(C(N)Cc1ccc(Cl)cc1)C1CC1. The second-order valence-electron chi connectivity index (χ2n) is 4.69. The third kappa shape index (κ3) is 2.96. The molecule has 0 aliphatic heterocycles. The van der Waals surface area contributed by atoms with Crippen molar-refractivity contribution in [2.45, 2.75) is 32.2 Å². The molecule has 0 amide bonds. The summed E-state index contributed by atoms with van der Waals surface area (Å²) in [6.45, 7) is 2.28. The Morgan fingerprint density at radius 3 is 2.47 bits per heavy atom. The van der Waals surface area contributed by atoms with E-state index < -0.39 is 0 Å². The zero-order chi connectivity index (χ0) is 10.8. The van der Waals surface area contributed by atoms with Gasteiger partial charge in [-0.05, 0) is 48.8 Å². The Hall–Kier alpha value is -0.530. The van der Waals surface area contributed by atoms with Gasteiger partial charge in [-0.15, -0.1) is 0 Å². The van der Waals surface area contributed by atoms with Crippen LogP contribution in [0.25, 0.3) is 0 Å². The molecule has 1 aliphatic rings. The van der Waals surface area contributed by atoms with E-state index in [1.165, 1.54) is 18.4 Å². The molecule has 2 N–H and O–H groups in total. The number of halogens is 1. The fourth-order valence-electron chi connectivity index (χ4n) is 2.05. The molecule has 2 atom stereocenters. The van der Waals surface area contributed by atoms with Gasteiger partial charge in [0.25, 0.3) is 0 Å². The molecule has 2 rings (SSSR count). The molecule has 0 heterocycles. The molecule has 82 valence electrons. The van der Waals surface area contributed by atoms with Gasteiger partial charge in [-0.2, -0.15) is 0 Å². The molecule has 1 nitrogen and oxygen atoms in total. The molecule has 0 aromatic heterocycles. The van der Waals surface area contributed by atoms with E-state index in [0.29, 0.717) is 12.0 Å². The van der Waals surface area contributed by atoms with Gasteiger partial charge in [0, 0.05) is 11.1 Å². The fraction of sp³-hybridized carbons (Fsp3) is 0.538. The minimum atomic E-state index is 0.290. The molecule has 0 spiro atoms. The first-order valence-corrected chi connectivity index (χ1v) is 6.04. The van der Waals surface area contributed by atoms with Gasteiger partial charge in [0.15, 0.2) is 0 Å². The number of hydrogen-bond acceptors (Lipinski definition) is 1. The Labute approximate surface area is 96.6 Å². The van der Waals surface area contributed by atoms with Crippen molar-refractivity contribution < 1.29 is 0 Å². The van der Waals surface area contributed by atoms with Crippen LogP contribution >= 0.6 is 11.6 Å². The van der Waals surface area contributed by atoms with Crippen LogP contribution in [-0.2, 0) is 6.42 Å². The molecular formula is C13H18ClN. The first-order chi connectivity index (χ1) is 7.16. The predicted octanol–water partition coefficient (Wildman–Crippen LogP) is 3.26. The summed E-state index contributed by atoms with van der Waals surface area (Å²) in [5.41, 5.74) is 7.49. The molecular weight excluding hydrogens is 206 g/mol. The van der Waals surface area contributed by atoms with E-state index in [1.54, 1.807) is 0 Å². The maximum absolute atomic E-state index is 6.20. The van der Waals surface area contributed by atoms with E-state index >= 15 is 0 Å². The molecule has 2 unspecified atom stereocenters. The van der Waals surface area contributed by atoms with E-state index in [0.717, 1.165) is 17.4 Å². The minimum absolute atomic E-state index is 0.290. The van der Waals surface area contributed by atoms with Gasteiger partial charge >= 0.3 is 0 Å². The highest BCUT2D eigenvalue weighted by Gasteiger charge is 2.31. The number of benzene rings is 1. The Kier molecular flexibility index (Phi) is 3.32. The summed E-state index contributed by atoms with van der Waals surface area (Å²) in [5.74, 6) is 1.54. The maximum Gasteiger partial charge on any atom is 0.0406 e. The molecule has 1 aromatic rings. The molecule has 1 aliphatic carbocycles. The lowest BCUT2D eigenvalue weighted by molar-refractivity contribution is 0.404. The molecule has 2 heteroatoms. The van der Waals surface area contributed by atoms with E-state index in [1.807, 2.05) is 12.1 Å². The van der Waals surface area contributed by atoms with Crippen molar-refractivity contribution in [3.63, 3.8) is 0 Å². The van der Waals surface area contributed by atoms with Gasteiger partial charge in [0.2, 0.25) is 0 Å². The molecule has 15 heavy (non-hydrogen) atoms. The molecule has 0 bridgehead atoms. The Bertz CT molecular complexity index is 316. The van der Waals surface area contributed by atoms with Gasteiger partial charge in [0.05, 0.1) is 0 Å². The summed E-state index contributed by atoms with van der Waals surface area (Å²) in [6.07, 6.45) is 3.71. The Balaban J connectivity index is 1.92. The molecule has 1 saturated carbocycles. The number of nitrogens with two attached hydrogens (primary N) is 1. The van der Waals surface area contributed by atoms with Crippen molar-refractivity contribution in [1.82, 2.24) is 0 Å². The number of hydrogen-bond donors (Lipinski definition) is 1. The van der Waals surface area contributed by atoms with E-state index in [2.05, 4.69) is 19.1 Å². The van der Waals surface area contributed by atoms with E-state index in [4.69, 9.17) is 17.3 Å². The standard InChI is InChI=1S/C13H18ClN/c1-9(11-4-5-11)13(15)8-10-2-6-12(14)7-3-10/h2-3,6-7,9,11,13H,4-5,8,15H2,1H3. The van der Waals surface area contributed by atoms with Crippen LogP contribution in [0.1, 0.15) is 25.3 Å². The molecule has 1 fully saturated rings. The molecule has 0 radical (unpaired) electrons. The largest absolute Gasteiger partial charge is 0.327 e. The maximum atomic E-state index is 6.20. The van der Waals surface area contributed by atoms with Crippen LogP contribution in [0.2, 0.25) is 5.02 Å². The Morgan fingerprint density at radius 2 is 1.93 bits per heavy atom. The van der Waals surface area contributed by atoms with Crippen LogP contribution in [0.15, 0.2) is 24.3 Å². The average molecular weight is 224 g/mol. The monoisotopic (exact) mass is 223 g/mol. The predicted molar refractivity (Wildman–Crippen MR) is 65.0 cm³/mol. The van der Waals surface area contributed by atoms with Crippen molar-refractivity contribution in [1.29, 1.82) is 0 Å². The van der Waals surface area contributed by atoms with Crippen LogP contribution in [-0.4, -0.2) is 6.04 Å². The smallest absolute Gasteiger partial charge is 0.0406 e. The van der Waals surface area contributed by atoms with Gasteiger partial charge in [-0.3, -0.25) is 0 Å². The zero-order valence-corrected chi connectivity index (χ0v) is 9.87. The van der Waals surface area contributed by atoms with Gasteiger partial charge in [-0.25, -0.2) is 0 Å². The first kappa shape index (κ1) is 11.0. The highest BCUT2D eigenvalue weighted by molar-refractivity contribution is 6.30. The summed E-state index contributed by atoms with van der Waals surface area (Å²) in [6, 6.07) is 8.30. The van der Waals surface area contributed by atoms with Crippen LogP contribution < -0.4 is 5.73 Å². The minimum Gasteiger partial charge on any atom is -0.327 e. The number of rotatable bonds is 4. The van der Waals surface area contributed by atoms with E-state index in [-0.39, 0.29) is 0 Å². The summed E-state index contributed by atoms with van der Waals surface area (Å²) < 4.78 is 0. The third-order valence-electron chi connectivity index (χ3n) is 3.43. The van der Waals surface area contributed by atoms with Gasteiger partial charge in [-0.1, -0.05) is 30.7 Å². The summed E-state index contributed by atoms with van der Waals surface area (Å²) in [7, 11) is 0. The van der Waals surface area contributed by atoms with Gasteiger partial charge in [0.1, 0.15) is 0 Å². The second-order valence-corrected chi connectivity index (χ2v) is 5.13. The summed E-state index contributed by atoms with van der Waals surface area (Å²) >= 11 is 5.84. The van der Waals surface area contributed by atoms with Crippen LogP contribution in [0.5, 0.6) is 0 Å². The Morgan fingerprint density at radius 1 is 1.33 bits per heavy atom. The van der Waals surface area contributed by atoms with E-state index in [9.17, 15) is 0 Å². The topological polar surface area (TPSA) is 26.0 Å². The second kappa shape index (κ2) is 4.54. The molecule has 1 aromatic carbocycles.